The van der Waals surface area contributed by atoms with Crippen molar-refractivity contribution >= 4 is 51.8 Å². The highest BCUT2D eigenvalue weighted by atomic mass is 32.2. The average Bonchev–Trinajstić information content (AvgIpc) is 3.50. The first-order valence-corrected chi connectivity index (χ1v) is 11.7. The van der Waals surface area contributed by atoms with Crippen LogP contribution in [0.4, 0.5) is 10.8 Å². The van der Waals surface area contributed by atoms with E-state index in [1.54, 1.807) is 56.7 Å². The zero-order valence-electron chi connectivity index (χ0n) is 18.2. The maximum absolute atomic E-state index is 12.2. The largest absolute Gasteiger partial charge is 0.493 e. The Morgan fingerprint density at radius 1 is 1.06 bits per heavy atom. The van der Waals surface area contributed by atoms with Gasteiger partial charge >= 0.3 is 0 Å². The fraction of sp³-hybridized carbons (Fsp3) is 0.182. The Labute approximate surface area is 203 Å². The van der Waals surface area contributed by atoms with Gasteiger partial charge in [-0.05, 0) is 35.9 Å². The Hall–Kier alpha value is -3.77. The van der Waals surface area contributed by atoms with Crippen LogP contribution in [-0.2, 0) is 9.59 Å². The van der Waals surface area contributed by atoms with Gasteiger partial charge in [0, 0.05) is 17.8 Å². The third-order valence-electron chi connectivity index (χ3n) is 4.45. The molecule has 3 aromatic rings. The Bertz CT molecular complexity index is 1230. The van der Waals surface area contributed by atoms with Crippen molar-refractivity contribution in [3.05, 3.63) is 48.0 Å². The predicted octanol–water partition coefficient (Wildman–Crippen LogP) is 3.67. The quantitative estimate of drug-likeness (QED) is 0.257. The highest BCUT2D eigenvalue weighted by Crippen LogP contribution is 2.34. The van der Waals surface area contributed by atoms with E-state index in [4.69, 9.17) is 18.9 Å². The van der Waals surface area contributed by atoms with Gasteiger partial charge in [-0.25, -0.2) is 0 Å². The molecule has 176 valence electrons. The van der Waals surface area contributed by atoms with Crippen LogP contribution in [0.25, 0.3) is 6.08 Å². The number of anilines is 2. The average molecular weight is 501 g/mol. The fourth-order valence-electron chi connectivity index (χ4n) is 2.89. The standard InChI is InChI=1S/C22H20N4O6S2/c1-29-15-6-3-13(9-17(15)30-2)4-8-19(27)24-21-25-26-22(34-21)33-11-20(28)23-14-5-7-16-18(10-14)32-12-31-16/h3-10H,11-12H2,1-2H3,(H,23,28)(H,24,25,27)/b8-4+. The number of hydrogen-bond acceptors (Lipinski definition) is 10. The molecule has 2 heterocycles. The molecule has 0 unspecified atom stereocenters. The molecule has 0 spiro atoms. The third kappa shape index (κ3) is 5.97. The van der Waals surface area contributed by atoms with Crippen LogP contribution >= 0.6 is 23.1 Å². The number of carbonyl (C=O) groups excluding carboxylic acids is 2. The van der Waals surface area contributed by atoms with Crippen LogP contribution in [0.5, 0.6) is 23.0 Å². The first kappa shape index (κ1) is 23.4. The van der Waals surface area contributed by atoms with Crippen molar-refractivity contribution in [3.63, 3.8) is 0 Å². The molecule has 1 aromatic heterocycles. The lowest BCUT2D eigenvalue weighted by Crippen LogP contribution is -2.13. The SMILES string of the molecule is COc1ccc(/C=C/C(=O)Nc2nnc(SCC(=O)Nc3ccc4c(c3)OCO4)s2)cc1OC. The topological polar surface area (TPSA) is 121 Å². The van der Waals surface area contributed by atoms with Crippen LogP contribution in [0.15, 0.2) is 46.8 Å². The number of nitrogens with one attached hydrogen (secondary N) is 2. The van der Waals surface area contributed by atoms with E-state index in [0.717, 1.165) is 5.56 Å². The fourth-order valence-corrected chi connectivity index (χ4v) is 4.45. The van der Waals surface area contributed by atoms with Gasteiger partial charge in [0.2, 0.25) is 23.7 Å². The molecule has 1 aliphatic rings. The number of carbonyl (C=O) groups is 2. The minimum Gasteiger partial charge on any atom is -0.493 e. The summed E-state index contributed by atoms with van der Waals surface area (Å²) in [5.74, 6) is 1.98. The Morgan fingerprint density at radius 3 is 2.71 bits per heavy atom. The number of rotatable bonds is 9. The van der Waals surface area contributed by atoms with E-state index < -0.39 is 0 Å². The zero-order chi connectivity index (χ0) is 23.9. The monoisotopic (exact) mass is 500 g/mol. The smallest absolute Gasteiger partial charge is 0.250 e. The molecule has 0 aliphatic carbocycles. The molecule has 2 amide bonds. The summed E-state index contributed by atoms with van der Waals surface area (Å²) in [6.07, 6.45) is 3.03. The molecule has 2 N–H and O–H groups in total. The number of nitrogens with zero attached hydrogens (tertiary/aromatic N) is 2. The van der Waals surface area contributed by atoms with Crippen molar-refractivity contribution in [2.75, 3.05) is 37.4 Å². The summed E-state index contributed by atoms with van der Waals surface area (Å²) in [4.78, 5) is 24.5. The van der Waals surface area contributed by atoms with E-state index in [9.17, 15) is 9.59 Å². The molecule has 0 saturated carbocycles. The molecule has 0 saturated heterocycles. The maximum Gasteiger partial charge on any atom is 0.250 e. The number of thioether (sulfide) groups is 1. The lowest BCUT2D eigenvalue weighted by atomic mass is 10.2. The van der Waals surface area contributed by atoms with Crippen LogP contribution in [0.2, 0.25) is 0 Å². The molecular formula is C22H20N4O6S2. The summed E-state index contributed by atoms with van der Waals surface area (Å²) in [7, 11) is 3.10. The van der Waals surface area contributed by atoms with E-state index in [0.29, 0.717) is 38.2 Å². The highest BCUT2D eigenvalue weighted by molar-refractivity contribution is 8.01. The molecule has 10 nitrogen and oxygen atoms in total. The van der Waals surface area contributed by atoms with Gasteiger partial charge in [0.05, 0.1) is 20.0 Å². The second-order valence-corrected chi connectivity index (χ2v) is 8.92. The van der Waals surface area contributed by atoms with Crippen molar-refractivity contribution in [3.8, 4) is 23.0 Å². The van der Waals surface area contributed by atoms with E-state index in [1.807, 2.05) is 0 Å². The zero-order valence-corrected chi connectivity index (χ0v) is 19.8. The van der Waals surface area contributed by atoms with Gasteiger partial charge < -0.3 is 24.3 Å². The number of ether oxygens (including phenoxy) is 4. The van der Waals surface area contributed by atoms with Gasteiger partial charge in [-0.3, -0.25) is 14.9 Å². The minimum atomic E-state index is -0.358. The van der Waals surface area contributed by atoms with Gasteiger partial charge in [0.15, 0.2) is 27.3 Å². The summed E-state index contributed by atoms with van der Waals surface area (Å²) in [6, 6.07) is 10.5. The van der Waals surface area contributed by atoms with Crippen LogP contribution in [0.3, 0.4) is 0 Å². The first-order chi connectivity index (χ1) is 16.5. The lowest BCUT2D eigenvalue weighted by molar-refractivity contribution is -0.114. The molecule has 0 bridgehead atoms. The first-order valence-electron chi connectivity index (χ1n) is 9.91. The molecule has 0 radical (unpaired) electrons. The highest BCUT2D eigenvalue weighted by Gasteiger charge is 2.15. The predicted molar refractivity (Wildman–Crippen MR) is 129 cm³/mol. The van der Waals surface area contributed by atoms with E-state index >= 15 is 0 Å². The molecule has 0 fully saturated rings. The van der Waals surface area contributed by atoms with Crippen molar-refractivity contribution < 1.29 is 28.5 Å². The van der Waals surface area contributed by atoms with Crippen LogP contribution in [-0.4, -0.2) is 48.8 Å². The summed E-state index contributed by atoms with van der Waals surface area (Å²) in [6.45, 7) is 0.171. The van der Waals surface area contributed by atoms with Crippen LogP contribution in [0, 0.1) is 0 Å². The number of hydrogen-bond donors (Lipinski definition) is 2. The Balaban J connectivity index is 1.25. The number of aromatic nitrogens is 2. The molecule has 1 aliphatic heterocycles. The van der Waals surface area contributed by atoms with Gasteiger partial charge in [-0.2, -0.15) is 0 Å². The molecule has 2 aromatic carbocycles. The van der Waals surface area contributed by atoms with Crippen molar-refractivity contribution in [2.45, 2.75) is 4.34 Å². The van der Waals surface area contributed by atoms with Crippen LogP contribution in [0.1, 0.15) is 5.56 Å². The summed E-state index contributed by atoms with van der Waals surface area (Å²) >= 11 is 2.40. The molecular weight excluding hydrogens is 480 g/mol. The molecule has 34 heavy (non-hydrogen) atoms. The lowest BCUT2D eigenvalue weighted by Gasteiger charge is -2.07. The number of methoxy groups -OCH3 is 2. The Kier molecular flexibility index (Phi) is 7.50. The van der Waals surface area contributed by atoms with E-state index in [-0.39, 0.29) is 24.4 Å². The molecule has 4 rings (SSSR count). The number of fused-ring (bicyclic) bond motifs is 1. The normalized spacial score (nSPS) is 11.9. The minimum absolute atomic E-state index is 0.135. The van der Waals surface area contributed by atoms with Gasteiger partial charge in [-0.15, -0.1) is 10.2 Å². The maximum atomic E-state index is 12.2. The second kappa shape index (κ2) is 10.9. The van der Waals surface area contributed by atoms with Gasteiger partial charge in [-0.1, -0.05) is 29.2 Å². The van der Waals surface area contributed by atoms with Gasteiger partial charge in [0.1, 0.15) is 0 Å². The van der Waals surface area contributed by atoms with Crippen molar-refractivity contribution in [1.29, 1.82) is 0 Å². The van der Waals surface area contributed by atoms with E-state index in [2.05, 4.69) is 20.8 Å². The van der Waals surface area contributed by atoms with E-state index in [1.165, 1.54) is 29.2 Å². The van der Waals surface area contributed by atoms with Crippen molar-refractivity contribution in [1.82, 2.24) is 10.2 Å². The molecule has 12 heteroatoms. The van der Waals surface area contributed by atoms with Crippen molar-refractivity contribution in [2.24, 2.45) is 0 Å². The third-order valence-corrected chi connectivity index (χ3v) is 6.43. The summed E-state index contributed by atoms with van der Waals surface area (Å²) in [5.41, 5.74) is 1.39. The summed E-state index contributed by atoms with van der Waals surface area (Å²) < 4.78 is 21.6. The van der Waals surface area contributed by atoms with Gasteiger partial charge in [0.25, 0.3) is 0 Å². The number of benzene rings is 2. The Morgan fingerprint density at radius 2 is 1.88 bits per heavy atom. The molecule has 0 atom stereocenters. The summed E-state index contributed by atoms with van der Waals surface area (Å²) in [5, 5.41) is 13.7. The number of amides is 2. The second-order valence-electron chi connectivity index (χ2n) is 6.72. The van der Waals surface area contributed by atoms with Crippen LogP contribution < -0.4 is 29.6 Å².